The monoisotopic (exact) mass is 347 g/mol. The number of para-hydroxylation sites is 2. The van der Waals surface area contributed by atoms with E-state index in [1.54, 1.807) is 10.9 Å². The van der Waals surface area contributed by atoms with Crippen LogP contribution in [0.3, 0.4) is 0 Å². The predicted octanol–water partition coefficient (Wildman–Crippen LogP) is 2.48. The molecule has 21 heavy (non-hydrogen) atoms. The van der Waals surface area contributed by atoms with Crippen molar-refractivity contribution in [2.75, 3.05) is 5.32 Å². The zero-order chi connectivity index (χ0) is 15.0. The smallest absolute Gasteiger partial charge is 0.248 e. The highest BCUT2D eigenvalue weighted by Gasteiger charge is 2.12. The SMILES string of the molecule is Cc1nn(CC(=O)Nc2nc3ccccc3n2C)cc1Br. The molecule has 1 aromatic carbocycles. The quantitative estimate of drug-likeness (QED) is 0.791. The second-order valence-corrected chi connectivity index (χ2v) is 5.65. The van der Waals surface area contributed by atoms with Gasteiger partial charge in [-0.15, -0.1) is 0 Å². The van der Waals surface area contributed by atoms with Crippen LogP contribution in [0.2, 0.25) is 0 Å². The standard InChI is InChI=1S/C14H14BrN5O/c1-9-10(15)7-20(18-9)8-13(21)17-14-16-11-5-3-4-6-12(11)19(14)2/h3-7H,8H2,1-2H3,(H,16,17,21). The molecule has 0 aliphatic heterocycles. The number of nitrogens with one attached hydrogen (secondary N) is 1. The molecule has 0 bridgehead atoms. The van der Waals surface area contributed by atoms with Gasteiger partial charge >= 0.3 is 0 Å². The van der Waals surface area contributed by atoms with E-state index in [0.717, 1.165) is 21.2 Å². The third-order valence-electron chi connectivity index (χ3n) is 3.23. The van der Waals surface area contributed by atoms with Gasteiger partial charge in [0, 0.05) is 13.2 Å². The lowest BCUT2D eigenvalue weighted by Gasteiger charge is -2.05. The Balaban J connectivity index is 1.78. The van der Waals surface area contributed by atoms with Crippen LogP contribution in [0.25, 0.3) is 11.0 Å². The number of carbonyl (C=O) groups excluding carboxylic acids is 1. The molecule has 0 atom stereocenters. The number of rotatable bonds is 3. The van der Waals surface area contributed by atoms with Gasteiger partial charge in [0.1, 0.15) is 6.54 Å². The van der Waals surface area contributed by atoms with Crippen LogP contribution in [0.1, 0.15) is 5.69 Å². The van der Waals surface area contributed by atoms with Crippen molar-refractivity contribution < 1.29 is 4.79 Å². The Morgan fingerprint density at radius 2 is 2.14 bits per heavy atom. The van der Waals surface area contributed by atoms with Gasteiger partial charge in [-0.25, -0.2) is 4.98 Å². The molecule has 0 saturated carbocycles. The first kappa shape index (κ1) is 13.8. The number of fused-ring (bicyclic) bond motifs is 1. The number of amides is 1. The van der Waals surface area contributed by atoms with Crippen LogP contribution >= 0.6 is 15.9 Å². The molecule has 2 aromatic heterocycles. The second kappa shape index (κ2) is 5.33. The molecule has 1 amide bonds. The Labute approximate surface area is 129 Å². The highest BCUT2D eigenvalue weighted by Crippen LogP contribution is 2.17. The van der Waals surface area contributed by atoms with Crippen molar-refractivity contribution in [2.24, 2.45) is 7.05 Å². The zero-order valence-corrected chi connectivity index (χ0v) is 13.3. The van der Waals surface area contributed by atoms with E-state index in [2.05, 4.69) is 31.3 Å². The molecule has 7 heteroatoms. The van der Waals surface area contributed by atoms with Gasteiger partial charge in [0.05, 0.1) is 21.2 Å². The Bertz CT molecular complexity index is 800. The van der Waals surface area contributed by atoms with Gasteiger partial charge < -0.3 is 4.57 Å². The van der Waals surface area contributed by atoms with Crippen LogP contribution in [0, 0.1) is 6.92 Å². The van der Waals surface area contributed by atoms with Crippen LogP contribution < -0.4 is 5.32 Å². The first-order valence-electron chi connectivity index (χ1n) is 6.45. The third-order valence-corrected chi connectivity index (χ3v) is 4.01. The average molecular weight is 348 g/mol. The number of carbonyl (C=O) groups is 1. The molecule has 0 spiro atoms. The van der Waals surface area contributed by atoms with Crippen LogP contribution in [-0.2, 0) is 18.4 Å². The summed E-state index contributed by atoms with van der Waals surface area (Å²) in [6.07, 6.45) is 1.78. The molecule has 108 valence electrons. The van der Waals surface area contributed by atoms with Crippen molar-refractivity contribution in [3.63, 3.8) is 0 Å². The van der Waals surface area contributed by atoms with E-state index >= 15 is 0 Å². The van der Waals surface area contributed by atoms with E-state index in [9.17, 15) is 4.79 Å². The number of hydrogen-bond donors (Lipinski definition) is 1. The Hall–Kier alpha value is -2.15. The molecule has 0 aliphatic carbocycles. The molecule has 3 rings (SSSR count). The molecule has 3 aromatic rings. The maximum Gasteiger partial charge on any atom is 0.248 e. The van der Waals surface area contributed by atoms with Crippen LogP contribution in [0.4, 0.5) is 5.95 Å². The summed E-state index contributed by atoms with van der Waals surface area (Å²) < 4.78 is 4.34. The number of anilines is 1. The molecule has 6 nitrogen and oxygen atoms in total. The molecule has 0 fully saturated rings. The van der Waals surface area contributed by atoms with E-state index in [4.69, 9.17) is 0 Å². The van der Waals surface area contributed by atoms with Gasteiger partial charge in [0.2, 0.25) is 11.9 Å². The van der Waals surface area contributed by atoms with Crippen molar-refractivity contribution >= 4 is 38.8 Å². The fraction of sp³-hybridized carbons (Fsp3) is 0.214. The molecule has 0 radical (unpaired) electrons. The second-order valence-electron chi connectivity index (χ2n) is 4.79. The summed E-state index contributed by atoms with van der Waals surface area (Å²) in [5.41, 5.74) is 2.68. The molecule has 1 N–H and O–H groups in total. The molecule has 0 aliphatic rings. The Kier molecular flexibility index (Phi) is 3.50. The number of hydrogen-bond acceptors (Lipinski definition) is 3. The Morgan fingerprint density at radius 3 is 2.81 bits per heavy atom. The summed E-state index contributed by atoms with van der Waals surface area (Å²) >= 11 is 3.38. The van der Waals surface area contributed by atoms with Gasteiger partial charge in [0.15, 0.2) is 0 Å². The number of benzene rings is 1. The molecule has 2 heterocycles. The number of aromatic nitrogens is 4. The van der Waals surface area contributed by atoms with E-state index in [-0.39, 0.29) is 12.5 Å². The Morgan fingerprint density at radius 1 is 1.38 bits per heavy atom. The largest absolute Gasteiger partial charge is 0.313 e. The summed E-state index contributed by atoms with van der Waals surface area (Å²) in [5, 5.41) is 7.05. The predicted molar refractivity (Wildman–Crippen MR) is 84.0 cm³/mol. The summed E-state index contributed by atoms with van der Waals surface area (Å²) in [5.74, 6) is 0.368. The minimum atomic E-state index is -0.164. The molecular weight excluding hydrogens is 334 g/mol. The van der Waals surface area contributed by atoms with Crippen molar-refractivity contribution in [2.45, 2.75) is 13.5 Å². The van der Waals surface area contributed by atoms with Crippen molar-refractivity contribution in [3.05, 3.63) is 40.6 Å². The minimum Gasteiger partial charge on any atom is -0.313 e. The highest BCUT2D eigenvalue weighted by atomic mass is 79.9. The topological polar surface area (TPSA) is 64.7 Å². The lowest BCUT2D eigenvalue weighted by Crippen LogP contribution is -2.21. The van der Waals surface area contributed by atoms with Crippen LogP contribution in [-0.4, -0.2) is 25.2 Å². The fourth-order valence-corrected chi connectivity index (χ4v) is 2.46. The van der Waals surface area contributed by atoms with Crippen LogP contribution in [0.5, 0.6) is 0 Å². The molecule has 0 unspecified atom stereocenters. The van der Waals surface area contributed by atoms with Crippen molar-refractivity contribution in [1.82, 2.24) is 19.3 Å². The maximum absolute atomic E-state index is 12.1. The van der Waals surface area contributed by atoms with Crippen LogP contribution in [0.15, 0.2) is 34.9 Å². The average Bonchev–Trinajstić information content (AvgIpc) is 2.91. The zero-order valence-electron chi connectivity index (χ0n) is 11.7. The lowest BCUT2D eigenvalue weighted by atomic mass is 10.3. The van der Waals surface area contributed by atoms with E-state index in [1.807, 2.05) is 42.8 Å². The van der Waals surface area contributed by atoms with Gasteiger partial charge in [-0.1, -0.05) is 12.1 Å². The van der Waals surface area contributed by atoms with Gasteiger partial charge in [-0.2, -0.15) is 5.10 Å². The normalized spacial score (nSPS) is 11.0. The highest BCUT2D eigenvalue weighted by molar-refractivity contribution is 9.10. The molecule has 0 saturated heterocycles. The van der Waals surface area contributed by atoms with Crippen molar-refractivity contribution in [3.8, 4) is 0 Å². The number of nitrogens with zero attached hydrogens (tertiary/aromatic N) is 4. The summed E-state index contributed by atoms with van der Waals surface area (Å²) in [7, 11) is 1.87. The summed E-state index contributed by atoms with van der Waals surface area (Å²) in [6, 6.07) is 7.75. The number of imidazole rings is 1. The third kappa shape index (κ3) is 2.69. The lowest BCUT2D eigenvalue weighted by molar-refractivity contribution is -0.117. The van der Waals surface area contributed by atoms with Gasteiger partial charge in [-0.3, -0.25) is 14.8 Å². The maximum atomic E-state index is 12.1. The fourth-order valence-electron chi connectivity index (χ4n) is 2.14. The summed E-state index contributed by atoms with van der Waals surface area (Å²) in [4.78, 5) is 16.5. The number of halogens is 1. The number of aryl methyl sites for hydroxylation is 2. The first-order chi connectivity index (χ1) is 10.0. The van der Waals surface area contributed by atoms with Crippen molar-refractivity contribution in [1.29, 1.82) is 0 Å². The molecular formula is C14H14BrN5O. The van der Waals surface area contributed by atoms with Gasteiger partial charge in [0.25, 0.3) is 0 Å². The van der Waals surface area contributed by atoms with E-state index < -0.39 is 0 Å². The van der Waals surface area contributed by atoms with Gasteiger partial charge in [-0.05, 0) is 35.0 Å². The van der Waals surface area contributed by atoms with E-state index in [0.29, 0.717) is 5.95 Å². The first-order valence-corrected chi connectivity index (χ1v) is 7.25. The van der Waals surface area contributed by atoms with E-state index in [1.165, 1.54) is 0 Å². The minimum absolute atomic E-state index is 0.148. The summed E-state index contributed by atoms with van der Waals surface area (Å²) in [6.45, 7) is 2.03.